The Morgan fingerprint density at radius 1 is 1.67 bits per heavy atom. The third-order valence-electron chi connectivity index (χ3n) is 2.16. The summed E-state index contributed by atoms with van der Waals surface area (Å²) in [5.41, 5.74) is 2.26. The average Bonchev–Trinajstić information content (AvgIpc) is 2.64. The maximum absolute atomic E-state index is 11.5. The molecule has 1 atom stereocenters. The Kier molecular flexibility index (Phi) is 4.06. The number of hydrogen-bond acceptors (Lipinski definition) is 5. The number of hydroxylamine groups is 1. The van der Waals surface area contributed by atoms with Gasteiger partial charge >= 0.3 is 5.97 Å². The van der Waals surface area contributed by atoms with Crippen LogP contribution in [0, 0.1) is 11.3 Å². The molecule has 1 saturated heterocycles. The molecule has 0 aromatic heterocycles. The minimum Gasteiger partial charge on any atom is -0.371 e. The first-order valence-corrected chi connectivity index (χ1v) is 4.74. The van der Waals surface area contributed by atoms with E-state index in [1.165, 1.54) is 11.8 Å². The molecule has 6 nitrogen and oxygen atoms in total. The van der Waals surface area contributed by atoms with E-state index in [0.717, 1.165) is 12.8 Å². The summed E-state index contributed by atoms with van der Waals surface area (Å²) in [6.07, 6.45) is 1.56. The summed E-state index contributed by atoms with van der Waals surface area (Å²) in [5, 5.41) is 8.75. The van der Waals surface area contributed by atoms with Crippen molar-refractivity contribution < 1.29 is 14.4 Å². The van der Waals surface area contributed by atoms with Crippen molar-refractivity contribution in [1.82, 2.24) is 10.4 Å². The number of hydrogen-bond donors (Lipinski definition) is 1. The maximum atomic E-state index is 11.5. The van der Waals surface area contributed by atoms with Crippen LogP contribution in [-0.2, 0) is 14.4 Å². The second kappa shape index (κ2) is 5.32. The van der Waals surface area contributed by atoms with E-state index in [2.05, 4.69) is 16.4 Å². The number of likely N-dealkylation sites (tertiary alicyclic amines) is 1. The minimum atomic E-state index is -0.499. The highest BCUT2D eigenvalue weighted by Crippen LogP contribution is 2.15. The number of nitrogens with one attached hydrogen (secondary N) is 1. The monoisotopic (exact) mass is 211 g/mol. The predicted molar refractivity (Wildman–Crippen MR) is 50.1 cm³/mol. The zero-order chi connectivity index (χ0) is 11.3. The van der Waals surface area contributed by atoms with E-state index in [4.69, 9.17) is 5.26 Å². The second-order valence-corrected chi connectivity index (χ2v) is 3.29. The largest absolute Gasteiger partial charge is 0.371 e. The van der Waals surface area contributed by atoms with Crippen molar-refractivity contribution in [2.24, 2.45) is 0 Å². The molecule has 6 heteroatoms. The smallest absolute Gasteiger partial charge is 0.321 e. The molecule has 1 heterocycles. The molecule has 0 aromatic rings. The van der Waals surface area contributed by atoms with E-state index < -0.39 is 5.97 Å². The SMILES string of the molecule is CC(=O)ONCC(=O)N1CCCC1C#N. The summed E-state index contributed by atoms with van der Waals surface area (Å²) in [7, 11) is 0. The van der Waals surface area contributed by atoms with Crippen molar-refractivity contribution >= 4 is 11.9 Å². The molecule has 0 radical (unpaired) electrons. The normalized spacial score (nSPS) is 19.7. The Labute approximate surface area is 87.7 Å². The van der Waals surface area contributed by atoms with Crippen LogP contribution in [0.1, 0.15) is 19.8 Å². The molecular formula is C9H13N3O3. The first-order valence-electron chi connectivity index (χ1n) is 4.74. The maximum Gasteiger partial charge on any atom is 0.321 e. The van der Waals surface area contributed by atoms with Gasteiger partial charge in [0.05, 0.1) is 6.07 Å². The molecule has 1 rings (SSSR count). The first-order chi connectivity index (χ1) is 7.15. The lowest BCUT2D eigenvalue weighted by Gasteiger charge is -2.19. The van der Waals surface area contributed by atoms with Crippen molar-refractivity contribution in [2.45, 2.75) is 25.8 Å². The summed E-state index contributed by atoms with van der Waals surface area (Å²) in [6, 6.07) is 1.73. The molecule has 1 aliphatic rings. The van der Waals surface area contributed by atoms with Gasteiger partial charge in [0.1, 0.15) is 12.6 Å². The number of carbonyl (C=O) groups excluding carboxylic acids is 2. The molecule has 1 aliphatic heterocycles. The van der Waals surface area contributed by atoms with E-state index in [1.807, 2.05) is 0 Å². The van der Waals surface area contributed by atoms with Gasteiger partial charge in [-0.2, -0.15) is 5.26 Å². The van der Waals surface area contributed by atoms with Crippen LogP contribution in [-0.4, -0.2) is 35.9 Å². The highest BCUT2D eigenvalue weighted by molar-refractivity contribution is 5.79. The van der Waals surface area contributed by atoms with E-state index in [9.17, 15) is 9.59 Å². The van der Waals surface area contributed by atoms with Crippen LogP contribution in [0.25, 0.3) is 0 Å². The van der Waals surface area contributed by atoms with Gasteiger partial charge in [-0.3, -0.25) is 9.59 Å². The van der Waals surface area contributed by atoms with Crippen molar-refractivity contribution in [2.75, 3.05) is 13.1 Å². The molecule has 0 aromatic carbocycles. The van der Waals surface area contributed by atoms with Crippen LogP contribution in [0.4, 0.5) is 0 Å². The molecule has 1 amide bonds. The highest BCUT2D eigenvalue weighted by atomic mass is 16.7. The van der Waals surface area contributed by atoms with Crippen LogP contribution < -0.4 is 5.48 Å². The van der Waals surface area contributed by atoms with Crippen molar-refractivity contribution in [1.29, 1.82) is 5.26 Å². The van der Waals surface area contributed by atoms with Gasteiger partial charge in [0.15, 0.2) is 0 Å². The zero-order valence-corrected chi connectivity index (χ0v) is 8.52. The Morgan fingerprint density at radius 2 is 2.40 bits per heavy atom. The zero-order valence-electron chi connectivity index (χ0n) is 8.52. The van der Waals surface area contributed by atoms with Crippen LogP contribution in [0.15, 0.2) is 0 Å². The lowest BCUT2D eigenvalue weighted by atomic mass is 10.2. The number of rotatable bonds is 3. The van der Waals surface area contributed by atoms with Gasteiger partial charge in [0.2, 0.25) is 5.91 Å². The van der Waals surface area contributed by atoms with E-state index in [-0.39, 0.29) is 18.5 Å². The molecule has 0 bridgehead atoms. The Morgan fingerprint density at radius 3 is 3.00 bits per heavy atom. The summed E-state index contributed by atoms with van der Waals surface area (Å²) in [4.78, 5) is 27.8. The lowest BCUT2D eigenvalue weighted by Crippen LogP contribution is -2.40. The van der Waals surface area contributed by atoms with Gasteiger partial charge in [-0.05, 0) is 12.8 Å². The molecular weight excluding hydrogens is 198 g/mol. The predicted octanol–water partition coefficient (Wildman–Crippen LogP) is -0.431. The topological polar surface area (TPSA) is 82.4 Å². The molecule has 0 aliphatic carbocycles. The van der Waals surface area contributed by atoms with Gasteiger partial charge in [-0.1, -0.05) is 0 Å². The first kappa shape index (κ1) is 11.5. The molecule has 15 heavy (non-hydrogen) atoms. The van der Waals surface area contributed by atoms with Crippen LogP contribution in [0.5, 0.6) is 0 Å². The molecule has 0 spiro atoms. The molecule has 0 saturated carbocycles. The van der Waals surface area contributed by atoms with Crippen LogP contribution in [0.3, 0.4) is 0 Å². The Bertz CT molecular complexity index is 297. The van der Waals surface area contributed by atoms with Gasteiger partial charge in [0, 0.05) is 13.5 Å². The van der Waals surface area contributed by atoms with Crippen LogP contribution >= 0.6 is 0 Å². The van der Waals surface area contributed by atoms with Crippen molar-refractivity contribution in [3.63, 3.8) is 0 Å². The van der Waals surface area contributed by atoms with Gasteiger partial charge < -0.3 is 9.74 Å². The van der Waals surface area contributed by atoms with Gasteiger partial charge in [0.25, 0.3) is 0 Å². The molecule has 1 N–H and O–H groups in total. The fourth-order valence-electron chi connectivity index (χ4n) is 1.50. The fourth-order valence-corrected chi connectivity index (χ4v) is 1.50. The Hall–Kier alpha value is -1.61. The summed E-state index contributed by atoms with van der Waals surface area (Å²) in [6.45, 7) is 1.75. The minimum absolute atomic E-state index is 0.0856. The highest BCUT2D eigenvalue weighted by Gasteiger charge is 2.28. The summed E-state index contributed by atoms with van der Waals surface area (Å²) >= 11 is 0. The van der Waals surface area contributed by atoms with Crippen molar-refractivity contribution in [3.05, 3.63) is 0 Å². The lowest BCUT2D eigenvalue weighted by molar-refractivity contribution is -0.150. The van der Waals surface area contributed by atoms with Gasteiger partial charge in [-0.25, -0.2) is 0 Å². The fraction of sp³-hybridized carbons (Fsp3) is 0.667. The number of carbonyl (C=O) groups is 2. The standard InChI is InChI=1S/C9H13N3O3/c1-7(13)15-11-6-9(14)12-4-2-3-8(12)5-10/h8,11H,2-4,6H2,1H3. The molecule has 82 valence electrons. The average molecular weight is 211 g/mol. The molecule has 1 unspecified atom stereocenters. The third kappa shape index (κ3) is 3.22. The summed E-state index contributed by atoms with van der Waals surface area (Å²) in [5.74, 6) is -0.721. The van der Waals surface area contributed by atoms with Gasteiger partial charge in [-0.15, -0.1) is 5.48 Å². The number of nitriles is 1. The summed E-state index contributed by atoms with van der Waals surface area (Å²) < 4.78 is 0. The van der Waals surface area contributed by atoms with E-state index >= 15 is 0 Å². The van der Waals surface area contributed by atoms with Crippen LogP contribution in [0.2, 0.25) is 0 Å². The number of amides is 1. The second-order valence-electron chi connectivity index (χ2n) is 3.29. The third-order valence-corrected chi connectivity index (χ3v) is 2.16. The Balaban J connectivity index is 2.34. The number of nitrogens with zero attached hydrogens (tertiary/aromatic N) is 2. The molecule has 1 fully saturated rings. The van der Waals surface area contributed by atoms with E-state index in [0.29, 0.717) is 6.54 Å². The quantitative estimate of drug-likeness (QED) is 0.640. The van der Waals surface area contributed by atoms with Crippen molar-refractivity contribution in [3.8, 4) is 6.07 Å². The van der Waals surface area contributed by atoms with E-state index in [1.54, 1.807) is 0 Å².